The first kappa shape index (κ1) is 15.6. The maximum atomic E-state index is 13.1. The summed E-state index contributed by atoms with van der Waals surface area (Å²) in [6.07, 6.45) is 0. The van der Waals surface area contributed by atoms with Gasteiger partial charge in [0.05, 0.1) is 6.54 Å². The Labute approximate surface area is 140 Å². The Bertz CT molecular complexity index is 881. The van der Waals surface area contributed by atoms with Crippen LogP contribution in [0.5, 0.6) is 0 Å². The maximum absolute atomic E-state index is 13.1. The molecule has 3 nitrogen and oxygen atoms in total. The van der Waals surface area contributed by atoms with Gasteiger partial charge in [-0.2, -0.15) is 0 Å². The predicted molar refractivity (Wildman–Crippen MR) is 95.1 cm³/mol. The number of aliphatic imine (C=N–C) groups is 1. The highest BCUT2D eigenvalue weighted by molar-refractivity contribution is 6.12. The maximum Gasteiger partial charge on any atom is 0.130 e. The molecule has 0 saturated heterocycles. The van der Waals surface area contributed by atoms with Crippen LogP contribution < -0.4 is 5.32 Å². The molecule has 3 aromatic rings. The summed E-state index contributed by atoms with van der Waals surface area (Å²) in [7, 11) is 0. The summed E-state index contributed by atoms with van der Waals surface area (Å²) in [5.74, 6) is 0.743. The van der Waals surface area contributed by atoms with Gasteiger partial charge in [0, 0.05) is 28.7 Å². The fourth-order valence-corrected chi connectivity index (χ4v) is 3.02. The second-order valence-electron chi connectivity index (χ2n) is 5.55. The molecule has 5 heteroatoms. The van der Waals surface area contributed by atoms with Gasteiger partial charge in [-0.1, -0.05) is 18.2 Å². The third kappa shape index (κ3) is 2.70. The van der Waals surface area contributed by atoms with Gasteiger partial charge < -0.3 is 10.3 Å². The van der Waals surface area contributed by atoms with Crippen LogP contribution in [0.3, 0.4) is 0 Å². The van der Waals surface area contributed by atoms with Crippen LogP contribution in [-0.2, 0) is 0 Å². The molecule has 1 aliphatic heterocycles. The fourth-order valence-electron chi connectivity index (χ4n) is 3.02. The van der Waals surface area contributed by atoms with E-state index in [1.807, 2.05) is 0 Å². The summed E-state index contributed by atoms with van der Waals surface area (Å²) in [6.45, 7) is 3.77. The molecule has 0 spiro atoms. The highest BCUT2D eigenvalue weighted by Crippen LogP contribution is 2.29. The van der Waals surface area contributed by atoms with Crippen LogP contribution in [0.2, 0.25) is 0 Å². The van der Waals surface area contributed by atoms with Crippen molar-refractivity contribution in [2.24, 2.45) is 4.99 Å². The topological polar surface area (TPSA) is 40.2 Å². The van der Waals surface area contributed by atoms with E-state index < -0.39 is 0 Å². The van der Waals surface area contributed by atoms with E-state index in [0.717, 1.165) is 52.2 Å². The Morgan fingerprint density at radius 3 is 2.48 bits per heavy atom. The normalized spacial score (nSPS) is 13.6. The van der Waals surface area contributed by atoms with Crippen LogP contribution in [0, 0.1) is 12.7 Å². The average molecular weight is 330 g/mol. The summed E-state index contributed by atoms with van der Waals surface area (Å²) in [5.41, 5.74) is 5.42. The summed E-state index contributed by atoms with van der Waals surface area (Å²) >= 11 is 0. The van der Waals surface area contributed by atoms with Crippen LogP contribution in [0.1, 0.15) is 11.3 Å². The predicted octanol–water partition coefficient (Wildman–Crippen LogP) is 4.05. The van der Waals surface area contributed by atoms with Crippen LogP contribution in [0.25, 0.3) is 22.0 Å². The molecule has 0 aliphatic carbocycles. The highest BCUT2D eigenvalue weighted by atomic mass is 35.5. The Kier molecular flexibility index (Phi) is 4.09. The SMILES string of the molecule is Cc1[nH]c2ccc(-c3ccc(F)cc3)cc2c1C1=NCCN1.Cl. The number of amidine groups is 1. The van der Waals surface area contributed by atoms with Gasteiger partial charge in [0.2, 0.25) is 0 Å². The molecular formula is C18H17ClFN3. The van der Waals surface area contributed by atoms with E-state index in [1.165, 1.54) is 12.1 Å². The first-order valence-electron chi connectivity index (χ1n) is 7.39. The monoisotopic (exact) mass is 329 g/mol. The standard InChI is InChI=1S/C18H16FN3.ClH/c1-11-17(18-20-8-9-21-18)15-10-13(4-7-16(15)22-11)12-2-5-14(19)6-3-12;/h2-7,10,22H,8-9H2,1H3,(H,20,21);1H. The summed E-state index contributed by atoms with van der Waals surface area (Å²) in [5, 5.41) is 4.48. The van der Waals surface area contributed by atoms with Crippen LogP contribution in [0.15, 0.2) is 47.5 Å². The zero-order chi connectivity index (χ0) is 15.1. The lowest BCUT2D eigenvalue weighted by molar-refractivity contribution is 0.628. The summed E-state index contributed by atoms with van der Waals surface area (Å²) in [4.78, 5) is 7.95. The summed E-state index contributed by atoms with van der Waals surface area (Å²) in [6, 6.07) is 12.9. The number of aromatic amines is 1. The molecule has 2 aromatic carbocycles. The van der Waals surface area contributed by atoms with Crippen molar-refractivity contribution in [3.8, 4) is 11.1 Å². The van der Waals surface area contributed by atoms with Gasteiger partial charge in [-0.3, -0.25) is 4.99 Å². The number of hydrogen-bond acceptors (Lipinski definition) is 2. The van der Waals surface area contributed by atoms with Crippen LogP contribution >= 0.6 is 12.4 Å². The van der Waals surface area contributed by atoms with E-state index in [0.29, 0.717) is 0 Å². The molecule has 2 N–H and O–H groups in total. The molecule has 4 rings (SSSR count). The second kappa shape index (κ2) is 6.05. The van der Waals surface area contributed by atoms with Crippen molar-refractivity contribution in [2.75, 3.05) is 13.1 Å². The average Bonchev–Trinajstić information content (AvgIpc) is 3.13. The number of hydrogen-bond donors (Lipinski definition) is 2. The number of halogens is 2. The smallest absolute Gasteiger partial charge is 0.130 e. The first-order valence-corrected chi connectivity index (χ1v) is 7.39. The lowest BCUT2D eigenvalue weighted by Crippen LogP contribution is -2.19. The fraction of sp³-hybridized carbons (Fsp3) is 0.167. The molecule has 0 amide bonds. The number of aromatic nitrogens is 1. The second-order valence-corrected chi connectivity index (χ2v) is 5.55. The van der Waals surface area contributed by atoms with E-state index in [-0.39, 0.29) is 18.2 Å². The van der Waals surface area contributed by atoms with Gasteiger partial charge in [0.25, 0.3) is 0 Å². The van der Waals surface area contributed by atoms with Crippen LogP contribution in [0.4, 0.5) is 4.39 Å². The minimum Gasteiger partial charge on any atom is -0.368 e. The molecule has 0 bridgehead atoms. The van der Waals surface area contributed by atoms with Crippen molar-refractivity contribution in [2.45, 2.75) is 6.92 Å². The molecule has 0 atom stereocenters. The quantitative estimate of drug-likeness (QED) is 0.731. The molecular weight excluding hydrogens is 313 g/mol. The van der Waals surface area contributed by atoms with Gasteiger partial charge in [0.1, 0.15) is 11.7 Å². The van der Waals surface area contributed by atoms with E-state index in [1.54, 1.807) is 12.1 Å². The molecule has 0 saturated carbocycles. The Hall–Kier alpha value is -2.33. The van der Waals surface area contributed by atoms with Crippen molar-refractivity contribution in [3.05, 3.63) is 59.5 Å². The Morgan fingerprint density at radius 2 is 1.78 bits per heavy atom. The zero-order valence-corrected chi connectivity index (χ0v) is 13.5. The Morgan fingerprint density at radius 1 is 1.04 bits per heavy atom. The van der Waals surface area contributed by atoms with Crippen molar-refractivity contribution in [1.82, 2.24) is 10.3 Å². The van der Waals surface area contributed by atoms with Crippen molar-refractivity contribution in [3.63, 3.8) is 0 Å². The first-order chi connectivity index (χ1) is 10.7. The van der Waals surface area contributed by atoms with Gasteiger partial charge in [-0.05, 0) is 42.3 Å². The Balaban J connectivity index is 0.00000156. The number of H-pyrrole nitrogens is 1. The summed E-state index contributed by atoms with van der Waals surface area (Å²) < 4.78 is 13.1. The third-order valence-corrected chi connectivity index (χ3v) is 4.07. The molecule has 23 heavy (non-hydrogen) atoms. The number of nitrogens with one attached hydrogen (secondary N) is 2. The third-order valence-electron chi connectivity index (χ3n) is 4.07. The number of aryl methyl sites for hydroxylation is 1. The number of nitrogens with zero attached hydrogens (tertiary/aromatic N) is 1. The van der Waals surface area contributed by atoms with E-state index >= 15 is 0 Å². The molecule has 0 unspecified atom stereocenters. The number of rotatable bonds is 2. The van der Waals surface area contributed by atoms with Gasteiger partial charge in [-0.15, -0.1) is 12.4 Å². The van der Waals surface area contributed by atoms with Gasteiger partial charge in [-0.25, -0.2) is 4.39 Å². The molecule has 0 radical (unpaired) electrons. The lowest BCUT2D eigenvalue weighted by Gasteiger charge is -2.05. The van der Waals surface area contributed by atoms with E-state index in [4.69, 9.17) is 0 Å². The molecule has 118 valence electrons. The zero-order valence-electron chi connectivity index (χ0n) is 12.7. The largest absolute Gasteiger partial charge is 0.368 e. The van der Waals surface area contributed by atoms with Crippen molar-refractivity contribution < 1.29 is 4.39 Å². The highest BCUT2D eigenvalue weighted by Gasteiger charge is 2.17. The lowest BCUT2D eigenvalue weighted by atomic mass is 10.0. The number of benzene rings is 2. The van der Waals surface area contributed by atoms with Crippen molar-refractivity contribution >= 4 is 29.1 Å². The minimum atomic E-state index is -0.215. The van der Waals surface area contributed by atoms with Gasteiger partial charge in [0.15, 0.2) is 0 Å². The van der Waals surface area contributed by atoms with Gasteiger partial charge >= 0.3 is 0 Å². The molecule has 1 aliphatic rings. The minimum absolute atomic E-state index is 0. The van der Waals surface area contributed by atoms with Crippen molar-refractivity contribution in [1.29, 1.82) is 0 Å². The molecule has 1 aromatic heterocycles. The van der Waals surface area contributed by atoms with E-state index in [9.17, 15) is 4.39 Å². The van der Waals surface area contributed by atoms with Crippen LogP contribution in [-0.4, -0.2) is 23.9 Å². The molecule has 2 heterocycles. The molecule has 0 fully saturated rings. The number of fused-ring (bicyclic) bond motifs is 1. The van der Waals surface area contributed by atoms with E-state index in [2.05, 4.69) is 40.4 Å².